The fourth-order valence-electron chi connectivity index (χ4n) is 2.38. The van der Waals surface area contributed by atoms with E-state index >= 15 is 0 Å². The molecule has 2 aromatic carbocycles. The Kier molecular flexibility index (Phi) is 5.51. The molecule has 1 amide bonds. The summed E-state index contributed by atoms with van der Waals surface area (Å²) in [7, 11) is 0. The van der Waals surface area contributed by atoms with Gasteiger partial charge in [0.1, 0.15) is 5.82 Å². The van der Waals surface area contributed by atoms with Crippen LogP contribution in [0.25, 0.3) is 0 Å². The number of halogens is 1. The molecule has 0 aliphatic heterocycles. The van der Waals surface area contributed by atoms with E-state index in [1.165, 1.54) is 24.3 Å². The van der Waals surface area contributed by atoms with Crippen LogP contribution in [0, 0.1) is 19.7 Å². The average Bonchev–Trinajstić information content (AvgIpc) is 2.62. The monoisotopic (exact) mass is 363 g/mol. The van der Waals surface area contributed by atoms with Gasteiger partial charge >= 0.3 is 0 Å². The number of nitrogens with one attached hydrogen (secondary N) is 2. The minimum absolute atomic E-state index is 0.167. The van der Waals surface area contributed by atoms with Crippen LogP contribution in [0.5, 0.6) is 0 Å². The highest BCUT2D eigenvalue weighted by Crippen LogP contribution is 2.10. The molecule has 6 nitrogen and oxygen atoms in total. The van der Waals surface area contributed by atoms with Gasteiger partial charge in [0, 0.05) is 22.6 Å². The predicted molar refractivity (Wildman–Crippen MR) is 103 cm³/mol. The van der Waals surface area contributed by atoms with Gasteiger partial charge in [0.05, 0.1) is 0 Å². The second kappa shape index (κ2) is 8.18. The molecule has 1 aromatic heterocycles. The lowest BCUT2D eigenvalue weighted by Gasteiger charge is -2.11. The van der Waals surface area contributed by atoms with Gasteiger partial charge in [-0.15, -0.1) is 0 Å². The van der Waals surface area contributed by atoms with Crippen LogP contribution in [0.3, 0.4) is 0 Å². The normalized spacial score (nSPS) is 11.1. The second-order valence-corrected chi connectivity index (χ2v) is 5.86. The summed E-state index contributed by atoms with van der Waals surface area (Å²) >= 11 is 0. The van der Waals surface area contributed by atoms with E-state index < -0.39 is 11.7 Å². The highest BCUT2D eigenvalue weighted by atomic mass is 19.1. The predicted octanol–water partition coefficient (Wildman–Crippen LogP) is 3.76. The Balaban J connectivity index is 1.90. The fourth-order valence-corrected chi connectivity index (χ4v) is 2.38. The van der Waals surface area contributed by atoms with Crippen LogP contribution in [0.15, 0.2) is 65.7 Å². The van der Waals surface area contributed by atoms with Gasteiger partial charge < -0.3 is 5.32 Å². The number of amides is 1. The Labute approximate surface area is 156 Å². The van der Waals surface area contributed by atoms with E-state index in [0.29, 0.717) is 5.56 Å². The van der Waals surface area contributed by atoms with Crippen LogP contribution < -0.4 is 10.6 Å². The Morgan fingerprint density at radius 3 is 2.22 bits per heavy atom. The molecule has 0 bridgehead atoms. The number of aliphatic imine (C=N–C) groups is 1. The maximum absolute atomic E-state index is 13.1. The van der Waals surface area contributed by atoms with Crippen molar-refractivity contribution in [3.05, 3.63) is 83.4 Å². The van der Waals surface area contributed by atoms with Gasteiger partial charge in [0.15, 0.2) is 0 Å². The molecule has 2 N–H and O–H groups in total. The molecule has 0 atom stereocenters. The number of para-hydroxylation sites is 1. The number of hydrogen-bond acceptors (Lipinski definition) is 4. The summed E-state index contributed by atoms with van der Waals surface area (Å²) in [6, 6.07) is 16.4. The fraction of sp³-hybridized carbons (Fsp3) is 0.100. The van der Waals surface area contributed by atoms with Crippen molar-refractivity contribution >= 4 is 23.5 Å². The number of aryl methyl sites for hydroxylation is 2. The first-order chi connectivity index (χ1) is 13.0. The van der Waals surface area contributed by atoms with Crippen molar-refractivity contribution in [3.63, 3.8) is 0 Å². The van der Waals surface area contributed by atoms with Crippen molar-refractivity contribution < 1.29 is 9.18 Å². The zero-order valence-corrected chi connectivity index (χ0v) is 14.9. The molecule has 0 aliphatic carbocycles. The van der Waals surface area contributed by atoms with E-state index in [1.807, 2.05) is 50.2 Å². The average molecular weight is 363 g/mol. The van der Waals surface area contributed by atoms with E-state index in [4.69, 9.17) is 0 Å². The number of rotatable bonds is 3. The number of carbonyl (C=O) groups is 1. The van der Waals surface area contributed by atoms with E-state index in [2.05, 4.69) is 25.6 Å². The van der Waals surface area contributed by atoms with Crippen LogP contribution in [0.4, 0.5) is 16.0 Å². The molecule has 1 heterocycles. The summed E-state index contributed by atoms with van der Waals surface area (Å²) < 4.78 is 13.1. The van der Waals surface area contributed by atoms with Crippen LogP contribution in [-0.2, 0) is 0 Å². The third-order valence-corrected chi connectivity index (χ3v) is 3.56. The zero-order chi connectivity index (χ0) is 19.2. The molecule has 0 saturated carbocycles. The number of carbonyl (C=O) groups excluding carboxylic acids is 1. The minimum Gasteiger partial charge on any atom is -0.326 e. The highest BCUT2D eigenvalue weighted by molar-refractivity contribution is 6.10. The second-order valence-electron chi connectivity index (χ2n) is 5.86. The molecule has 0 fully saturated rings. The molecule has 7 heteroatoms. The van der Waals surface area contributed by atoms with Crippen molar-refractivity contribution in [2.24, 2.45) is 4.99 Å². The van der Waals surface area contributed by atoms with Crippen molar-refractivity contribution in [2.75, 3.05) is 5.32 Å². The largest absolute Gasteiger partial charge is 0.326 e. The van der Waals surface area contributed by atoms with E-state index in [9.17, 15) is 9.18 Å². The highest BCUT2D eigenvalue weighted by Gasteiger charge is 2.11. The number of hydrogen-bond donors (Lipinski definition) is 2. The van der Waals surface area contributed by atoms with Crippen LogP contribution in [0.2, 0.25) is 0 Å². The third kappa shape index (κ3) is 5.18. The zero-order valence-electron chi connectivity index (χ0n) is 14.9. The van der Waals surface area contributed by atoms with Gasteiger partial charge in [-0.05, 0) is 56.3 Å². The molecule has 136 valence electrons. The van der Waals surface area contributed by atoms with Gasteiger partial charge in [-0.3, -0.25) is 10.1 Å². The summed E-state index contributed by atoms with van der Waals surface area (Å²) in [5, 5.41) is 5.73. The number of aromatic nitrogens is 2. The van der Waals surface area contributed by atoms with Gasteiger partial charge in [-0.25, -0.2) is 14.4 Å². The van der Waals surface area contributed by atoms with Crippen LogP contribution >= 0.6 is 0 Å². The van der Waals surface area contributed by atoms with Crippen molar-refractivity contribution in [3.8, 4) is 0 Å². The number of anilines is 1. The number of benzene rings is 2. The standard InChI is InChI=1S/C20H18FN5O/c1-13-12-14(2)23-19(22-13)26-20(24-17-6-4-3-5-7-17)25-18(27)15-8-10-16(21)11-9-15/h3-12H,1-2H3,(H2,22,23,24,25,26,27). The maximum Gasteiger partial charge on any atom is 0.257 e. The lowest BCUT2D eigenvalue weighted by Crippen LogP contribution is -2.35. The van der Waals surface area contributed by atoms with E-state index in [1.54, 1.807) is 0 Å². The first-order valence-corrected chi connectivity index (χ1v) is 8.29. The van der Waals surface area contributed by atoms with Gasteiger partial charge in [-0.1, -0.05) is 18.2 Å². The smallest absolute Gasteiger partial charge is 0.257 e. The lowest BCUT2D eigenvalue weighted by atomic mass is 10.2. The molecule has 0 unspecified atom stereocenters. The SMILES string of the molecule is Cc1cc(C)nc(/N=C(/NC(=O)c2ccc(F)cc2)Nc2ccccc2)n1. The Bertz CT molecular complexity index is 951. The summed E-state index contributed by atoms with van der Waals surface area (Å²) in [5.74, 6) is -0.445. The maximum atomic E-state index is 13.1. The van der Waals surface area contributed by atoms with Gasteiger partial charge in [0.2, 0.25) is 5.96 Å². The summed E-state index contributed by atoms with van der Waals surface area (Å²) in [6.07, 6.45) is 0. The van der Waals surface area contributed by atoms with Crippen molar-refractivity contribution in [2.45, 2.75) is 13.8 Å². The van der Waals surface area contributed by atoms with Gasteiger partial charge in [0.25, 0.3) is 11.9 Å². The minimum atomic E-state index is -0.429. The van der Waals surface area contributed by atoms with Crippen molar-refractivity contribution in [1.82, 2.24) is 15.3 Å². The molecule has 0 spiro atoms. The van der Waals surface area contributed by atoms with Crippen LogP contribution in [0.1, 0.15) is 21.7 Å². The van der Waals surface area contributed by atoms with E-state index in [0.717, 1.165) is 17.1 Å². The molecule has 0 radical (unpaired) electrons. The first-order valence-electron chi connectivity index (χ1n) is 8.29. The summed E-state index contributed by atoms with van der Waals surface area (Å²) in [6.45, 7) is 3.68. The van der Waals surface area contributed by atoms with E-state index in [-0.39, 0.29) is 11.9 Å². The Morgan fingerprint density at radius 1 is 0.963 bits per heavy atom. The quantitative estimate of drug-likeness (QED) is 0.548. The topological polar surface area (TPSA) is 79.3 Å². The molecule has 3 aromatic rings. The summed E-state index contributed by atoms with van der Waals surface area (Å²) in [4.78, 5) is 25.4. The Morgan fingerprint density at radius 2 is 1.59 bits per heavy atom. The first kappa shape index (κ1) is 18.2. The molecule has 0 aliphatic rings. The molecule has 3 rings (SSSR count). The molecule has 0 saturated heterocycles. The summed E-state index contributed by atoms with van der Waals surface area (Å²) in [5.41, 5.74) is 2.58. The van der Waals surface area contributed by atoms with Crippen LogP contribution in [-0.4, -0.2) is 21.8 Å². The Hall–Kier alpha value is -3.61. The molecular weight excluding hydrogens is 345 g/mol. The van der Waals surface area contributed by atoms with Gasteiger partial charge in [-0.2, -0.15) is 4.99 Å². The number of nitrogens with zero attached hydrogens (tertiary/aromatic N) is 3. The molecule has 27 heavy (non-hydrogen) atoms. The lowest BCUT2D eigenvalue weighted by molar-refractivity contribution is 0.0977. The third-order valence-electron chi connectivity index (χ3n) is 3.56. The van der Waals surface area contributed by atoms with Crippen molar-refractivity contribution in [1.29, 1.82) is 0 Å². The molecular formula is C20H18FN5O. The number of guanidine groups is 1.